The molecule has 5 nitrogen and oxygen atoms in total. The van der Waals surface area contributed by atoms with Crippen LogP contribution >= 0.6 is 12.4 Å². The quantitative estimate of drug-likeness (QED) is 0.873. The summed E-state index contributed by atoms with van der Waals surface area (Å²) in [5.41, 5.74) is 0.210. The lowest BCUT2D eigenvalue weighted by atomic mass is 10.2. The SMILES string of the molecule is CCC1COCCN1CCOc1ccccc1C(=O)O.Cl. The number of carboxylic acids is 1. The number of hydrogen-bond acceptors (Lipinski definition) is 4. The molecule has 0 aliphatic carbocycles. The number of benzene rings is 1. The number of carbonyl (C=O) groups is 1. The van der Waals surface area contributed by atoms with Crippen molar-refractivity contribution in [1.82, 2.24) is 4.90 Å². The molecule has 1 heterocycles. The maximum absolute atomic E-state index is 11.1. The zero-order valence-corrected chi connectivity index (χ0v) is 13.0. The van der Waals surface area contributed by atoms with E-state index in [-0.39, 0.29) is 18.0 Å². The Morgan fingerprint density at radius 2 is 2.24 bits per heavy atom. The smallest absolute Gasteiger partial charge is 0.339 e. The number of morpholine rings is 1. The molecule has 0 bridgehead atoms. The summed E-state index contributed by atoms with van der Waals surface area (Å²) >= 11 is 0. The zero-order chi connectivity index (χ0) is 14.4. The van der Waals surface area contributed by atoms with Crippen LogP contribution in [-0.4, -0.2) is 54.9 Å². The van der Waals surface area contributed by atoms with E-state index in [1.54, 1.807) is 24.3 Å². The summed E-state index contributed by atoms with van der Waals surface area (Å²) in [6, 6.07) is 7.17. The molecule has 2 rings (SSSR count). The Bertz CT molecular complexity index is 455. The van der Waals surface area contributed by atoms with Gasteiger partial charge in [-0.3, -0.25) is 4.90 Å². The summed E-state index contributed by atoms with van der Waals surface area (Å²) < 4.78 is 11.1. The third kappa shape index (κ3) is 4.88. The largest absolute Gasteiger partial charge is 0.491 e. The molecule has 1 aromatic rings. The number of halogens is 1. The highest BCUT2D eigenvalue weighted by Crippen LogP contribution is 2.18. The number of rotatable bonds is 6. The van der Waals surface area contributed by atoms with Gasteiger partial charge in [0.05, 0.1) is 13.2 Å². The van der Waals surface area contributed by atoms with Crippen LogP contribution in [0.4, 0.5) is 0 Å². The van der Waals surface area contributed by atoms with E-state index in [4.69, 9.17) is 14.6 Å². The van der Waals surface area contributed by atoms with E-state index >= 15 is 0 Å². The second kappa shape index (κ2) is 8.87. The van der Waals surface area contributed by atoms with Crippen molar-refractivity contribution in [2.45, 2.75) is 19.4 Å². The number of hydrogen-bond donors (Lipinski definition) is 1. The van der Waals surface area contributed by atoms with Gasteiger partial charge in [-0.25, -0.2) is 4.79 Å². The Morgan fingerprint density at radius 1 is 1.48 bits per heavy atom. The van der Waals surface area contributed by atoms with Crippen molar-refractivity contribution in [2.24, 2.45) is 0 Å². The van der Waals surface area contributed by atoms with Gasteiger partial charge in [-0.15, -0.1) is 12.4 Å². The summed E-state index contributed by atoms with van der Waals surface area (Å²) in [6.07, 6.45) is 1.05. The average molecular weight is 316 g/mol. The number of nitrogens with zero attached hydrogens (tertiary/aromatic N) is 1. The third-order valence-corrected chi connectivity index (χ3v) is 3.57. The Balaban J connectivity index is 0.00000220. The molecule has 0 radical (unpaired) electrons. The summed E-state index contributed by atoms with van der Waals surface area (Å²) in [7, 11) is 0. The second-order valence-corrected chi connectivity index (χ2v) is 4.82. The van der Waals surface area contributed by atoms with Crippen LogP contribution in [0.25, 0.3) is 0 Å². The number of para-hydroxylation sites is 1. The van der Waals surface area contributed by atoms with Crippen molar-refractivity contribution < 1.29 is 19.4 Å². The van der Waals surface area contributed by atoms with Gasteiger partial charge in [0.15, 0.2) is 0 Å². The summed E-state index contributed by atoms with van der Waals surface area (Å²) in [6.45, 7) is 5.84. The molecule has 1 aromatic carbocycles. The Hall–Kier alpha value is -1.30. The monoisotopic (exact) mass is 315 g/mol. The number of aromatic carboxylic acids is 1. The van der Waals surface area contributed by atoms with Crippen molar-refractivity contribution >= 4 is 18.4 Å². The van der Waals surface area contributed by atoms with E-state index in [0.717, 1.165) is 32.7 Å². The van der Waals surface area contributed by atoms with Crippen LogP contribution in [-0.2, 0) is 4.74 Å². The fourth-order valence-corrected chi connectivity index (χ4v) is 2.40. The number of ether oxygens (including phenoxy) is 2. The van der Waals surface area contributed by atoms with Crippen LogP contribution in [0.3, 0.4) is 0 Å². The Labute approximate surface area is 131 Å². The first-order valence-corrected chi connectivity index (χ1v) is 6.99. The van der Waals surface area contributed by atoms with E-state index in [1.165, 1.54) is 0 Å². The van der Waals surface area contributed by atoms with Gasteiger partial charge in [0.2, 0.25) is 0 Å². The fraction of sp³-hybridized carbons (Fsp3) is 0.533. The maximum atomic E-state index is 11.1. The molecule has 1 fully saturated rings. The summed E-state index contributed by atoms with van der Waals surface area (Å²) in [4.78, 5) is 13.4. The molecule has 0 aromatic heterocycles. The zero-order valence-electron chi connectivity index (χ0n) is 12.2. The van der Waals surface area contributed by atoms with E-state index in [0.29, 0.717) is 18.4 Å². The van der Waals surface area contributed by atoms with E-state index in [1.807, 2.05) is 0 Å². The molecule has 0 amide bonds. The average Bonchev–Trinajstić information content (AvgIpc) is 2.48. The Kier molecular flexibility index (Phi) is 7.50. The van der Waals surface area contributed by atoms with Crippen molar-refractivity contribution in [3.05, 3.63) is 29.8 Å². The molecule has 1 N–H and O–H groups in total. The van der Waals surface area contributed by atoms with Crippen LogP contribution in [0, 0.1) is 0 Å². The first-order chi connectivity index (χ1) is 9.72. The molecule has 21 heavy (non-hydrogen) atoms. The molecule has 0 saturated carbocycles. The van der Waals surface area contributed by atoms with Crippen LogP contribution < -0.4 is 4.74 Å². The van der Waals surface area contributed by atoms with Gasteiger partial charge in [-0.2, -0.15) is 0 Å². The van der Waals surface area contributed by atoms with E-state index < -0.39 is 5.97 Å². The highest BCUT2D eigenvalue weighted by Gasteiger charge is 2.21. The second-order valence-electron chi connectivity index (χ2n) is 4.82. The van der Waals surface area contributed by atoms with Crippen molar-refractivity contribution in [1.29, 1.82) is 0 Å². The standard InChI is InChI=1S/C15H21NO4.ClH/c1-2-12-11-19-9-7-16(12)8-10-20-14-6-4-3-5-13(14)15(17)18;/h3-6,12H,2,7-11H2,1H3,(H,17,18);1H. The maximum Gasteiger partial charge on any atom is 0.339 e. The molecule has 1 unspecified atom stereocenters. The minimum atomic E-state index is -0.960. The minimum absolute atomic E-state index is 0. The summed E-state index contributed by atoms with van der Waals surface area (Å²) in [5.74, 6) is -0.528. The molecule has 1 aliphatic rings. The van der Waals surface area contributed by atoms with Gasteiger partial charge in [-0.1, -0.05) is 19.1 Å². The molecule has 6 heteroatoms. The molecule has 118 valence electrons. The van der Waals surface area contributed by atoms with Crippen molar-refractivity contribution in [3.63, 3.8) is 0 Å². The van der Waals surface area contributed by atoms with E-state index in [9.17, 15) is 4.79 Å². The van der Waals surface area contributed by atoms with Crippen LogP contribution in [0.15, 0.2) is 24.3 Å². The van der Waals surface area contributed by atoms with Gasteiger partial charge in [0, 0.05) is 19.1 Å². The fourth-order valence-electron chi connectivity index (χ4n) is 2.40. The first kappa shape index (κ1) is 17.8. The van der Waals surface area contributed by atoms with Gasteiger partial charge in [-0.05, 0) is 18.6 Å². The first-order valence-electron chi connectivity index (χ1n) is 6.99. The van der Waals surface area contributed by atoms with Gasteiger partial charge in [0.1, 0.15) is 17.9 Å². The topological polar surface area (TPSA) is 59.0 Å². The summed E-state index contributed by atoms with van der Waals surface area (Å²) in [5, 5.41) is 9.09. The number of carboxylic acid groups (broad SMARTS) is 1. The predicted octanol–water partition coefficient (Wildman–Crippen LogP) is 2.30. The van der Waals surface area contributed by atoms with Crippen molar-refractivity contribution in [3.8, 4) is 5.75 Å². The van der Waals surface area contributed by atoms with Crippen molar-refractivity contribution in [2.75, 3.05) is 32.9 Å². The van der Waals surface area contributed by atoms with Crippen LogP contribution in [0.1, 0.15) is 23.7 Å². The van der Waals surface area contributed by atoms with E-state index in [2.05, 4.69) is 11.8 Å². The normalized spacial score (nSPS) is 18.8. The molecule has 1 aliphatic heterocycles. The highest BCUT2D eigenvalue weighted by molar-refractivity contribution is 5.90. The third-order valence-electron chi connectivity index (χ3n) is 3.57. The predicted molar refractivity (Wildman–Crippen MR) is 82.6 cm³/mol. The molecule has 1 saturated heterocycles. The highest BCUT2D eigenvalue weighted by atomic mass is 35.5. The van der Waals surface area contributed by atoms with Gasteiger partial charge < -0.3 is 14.6 Å². The lowest BCUT2D eigenvalue weighted by Crippen LogP contribution is -2.46. The van der Waals surface area contributed by atoms with Gasteiger partial charge >= 0.3 is 5.97 Å². The molecule has 0 spiro atoms. The molecule has 1 atom stereocenters. The lowest BCUT2D eigenvalue weighted by Gasteiger charge is -2.34. The lowest BCUT2D eigenvalue weighted by molar-refractivity contribution is -0.0133. The minimum Gasteiger partial charge on any atom is -0.491 e. The Morgan fingerprint density at radius 3 is 2.95 bits per heavy atom. The molecular formula is C15H22ClNO4. The molecular weight excluding hydrogens is 294 g/mol. The van der Waals surface area contributed by atoms with Crippen LogP contribution in [0.2, 0.25) is 0 Å². The van der Waals surface area contributed by atoms with Gasteiger partial charge in [0.25, 0.3) is 0 Å². The van der Waals surface area contributed by atoms with Crippen LogP contribution in [0.5, 0.6) is 5.75 Å².